The van der Waals surface area contributed by atoms with Crippen LogP contribution >= 0.6 is 0 Å². The van der Waals surface area contributed by atoms with Gasteiger partial charge in [-0.1, -0.05) is 20.8 Å². The van der Waals surface area contributed by atoms with E-state index in [0.29, 0.717) is 56.6 Å². The summed E-state index contributed by atoms with van der Waals surface area (Å²) in [4.78, 5) is 74.1. The third-order valence-electron chi connectivity index (χ3n) is 9.19. The number of ether oxygens (including phenoxy) is 4. The zero-order chi connectivity index (χ0) is 37.4. The first-order valence-electron chi connectivity index (χ1n) is 17.9. The highest BCUT2D eigenvalue weighted by molar-refractivity contribution is 5.97. The lowest BCUT2D eigenvalue weighted by Gasteiger charge is -2.16. The molecule has 4 aliphatic rings. The number of nitrogens with one attached hydrogen (secondary N) is 2. The average Bonchev–Trinajstić information content (AvgIpc) is 3.61. The van der Waals surface area contributed by atoms with E-state index in [1.165, 1.54) is 9.80 Å². The molecule has 0 bridgehead atoms. The lowest BCUT2D eigenvalue weighted by molar-refractivity contribution is -0.146. The maximum absolute atomic E-state index is 12.2. The van der Waals surface area contributed by atoms with Crippen molar-refractivity contribution in [3.05, 3.63) is 47.5 Å². The Hall–Kier alpha value is -5.18. The first-order valence-corrected chi connectivity index (χ1v) is 17.9. The Morgan fingerprint density at radius 2 is 1.21 bits per heavy atom. The highest BCUT2D eigenvalue weighted by Crippen LogP contribution is 2.32. The summed E-state index contributed by atoms with van der Waals surface area (Å²) in [5.41, 5.74) is 10.6. The van der Waals surface area contributed by atoms with E-state index in [1.807, 2.05) is 39.0 Å². The molecule has 2 unspecified atom stereocenters. The first-order chi connectivity index (χ1) is 24.9. The van der Waals surface area contributed by atoms with E-state index in [2.05, 4.69) is 10.6 Å². The van der Waals surface area contributed by atoms with Gasteiger partial charge < -0.3 is 35.3 Å². The van der Waals surface area contributed by atoms with Crippen LogP contribution in [0.5, 0.6) is 0 Å². The van der Waals surface area contributed by atoms with Crippen LogP contribution in [0.4, 0.5) is 32.3 Å². The number of benzene rings is 2. The lowest BCUT2D eigenvalue weighted by Crippen LogP contribution is -2.34. The van der Waals surface area contributed by atoms with Crippen molar-refractivity contribution >= 4 is 58.7 Å². The number of hydrogen-bond acceptors (Lipinski definition) is 11. The number of carbonyl (C=O) groups excluding carboxylic acids is 6. The van der Waals surface area contributed by atoms with Crippen molar-refractivity contribution in [3.8, 4) is 0 Å². The number of fused-ring (bicyclic) bond motifs is 2. The Morgan fingerprint density at radius 3 is 1.69 bits per heavy atom. The number of anilines is 4. The Morgan fingerprint density at radius 1 is 0.750 bits per heavy atom. The van der Waals surface area contributed by atoms with E-state index in [-0.39, 0.29) is 42.9 Å². The highest BCUT2D eigenvalue weighted by atomic mass is 16.6. The van der Waals surface area contributed by atoms with Crippen molar-refractivity contribution < 1.29 is 47.7 Å². The molecule has 4 N–H and O–H groups in total. The molecule has 15 heteroatoms. The van der Waals surface area contributed by atoms with E-state index in [9.17, 15) is 28.8 Å². The number of nitrogens with two attached hydrogens (primary N) is 1. The number of amides is 4. The van der Waals surface area contributed by atoms with Crippen molar-refractivity contribution in [1.29, 1.82) is 0 Å². The monoisotopic (exact) mass is 721 g/mol. The molecule has 4 heterocycles. The van der Waals surface area contributed by atoms with Gasteiger partial charge in [-0.2, -0.15) is 0 Å². The van der Waals surface area contributed by atoms with Crippen LogP contribution in [0.3, 0.4) is 0 Å². The summed E-state index contributed by atoms with van der Waals surface area (Å²) < 4.78 is 20.8. The predicted octanol–water partition coefficient (Wildman–Crippen LogP) is 4.44. The molecule has 52 heavy (non-hydrogen) atoms. The topological polar surface area (TPSA) is 196 Å². The number of cyclic esters (lactones) is 2. The smallest absolute Gasteiger partial charge is 0.414 e. The van der Waals surface area contributed by atoms with E-state index in [4.69, 9.17) is 24.7 Å². The Labute approximate surface area is 302 Å². The maximum Gasteiger partial charge on any atom is 0.414 e. The minimum atomic E-state index is -0.537. The summed E-state index contributed by atoms with van der Waals surface area (Å²) in [5.74, 6) is -0.794. The van der Waals surface area contributed by atoms with Gasteiger partial charge in [-0.05, 0) is 86.1 Å². The molecule has 2 saturated heterocycles. The summed E-state index contributed by atoms with van der Waals surface area (Å²) in [6.45, 7) is 6.47. The normalized spacial score (nSPS) is 22.3. The number of hydrogen-bond donors (Lipinski definition) is 3. The van der Waals surface area contributed by atoms with Crippen LogP contribution in [0.25, 0.3) is 0 Å². The minimum Gasteiger partial charge on any atom is -0.462 e. The molecule has 0 aliphatic carbocycles. The Bertz CT molecular complexity index is 1560. The van der Waals surface area contributed by atoms with Crippen LogP contribution in [0, 0.1) is 5.92 Å². The fourth-order valence-corrected chi connectivity index (χ4v) is 6.14. The molecule has 0 radical (unpaired) electrons. The molecule has 2 aromatic carbocycles. The van der Waals surface area contributed by atoms with Gasteiger partial charge in [-0.25, -0.2) is 9.59 Å². The van der Waals surface area contributed by atoms with Crippen molar-refractivity contribution in [1.82, 2.24) is 0 Å². The van der Waals surface area contributed by atoms with Gasteiger partial charge in [0.25, 0.3) is 0 Å². The second kappa shape index (κ2) is 17.4. The molecule has 4 aliphatic heterocycles. The van der Waals surface area contributed by atoms with Gasteiger partial charge >= 0.3 is 24.1 Å². The maximum atomic E-state index is 12.2. The van der Waals surface area contributed by atoms with E-state index >= 15 is 0 Å². The molecule has 0 spiro atoms. The van der Waals surface area contributed by atoms with Crippen LogP contribution in [0.2, 0.25) is 0 Å². The summed E-state index contributed by atoms with van der Waals surface area (Å²) >= 11 is 0. The quantitative estimate of drug-likeness (QED) is 0.232. The molecule has 280 valence electrons. The predicted molar refractivity (Wildman–Crippen MR) is 191 cm³/mol. The van der Waals surface area contributed by atoms with E-state index in [0.717, 1.165) is 41.8 Å². The van der Waals surface area contributed by atoms with Gasteiger partial charge in [-0.3, -0.25) is 29.0 Å². The van der Waals surface area contributed by atoms with Gasteiger partial charge in [0.1, 0.15) is 13.2 Å². The number of nitrogens with zero attached hydrogens (tertiary/aromatic N) is 2. The number of esters is 2. The molecule has 4 amide bonds. The molecule has 0 saturated carbocycles. The molecule has 2 aromatic rings. The number of carbonyl (C=O) groups is 6. The minimum absolute atomic E-state index is 0.0195. The van der Waals surface area contributed by atoms with Gasteiger partial charge in [0.15, 0.2) is 12.2 Å². The van der Waals surface area contributed by atoms with Crippen LogP contribution in [-0.4, -0.2) is 80.5 Å². The average molecular weight is 722 g/mol. The van der Waals surface area contributed by atoms with Crippen molar-refractivity contribution in [2.75, 3.05) is 46.7 Å². The number of rotatable bonds is 10. The molecule has 0 aromatic heterocycles. The third-order valence-corrected chi connectivity index (χ3v) is 9.19. The molecule has 6 rings (SSSR count). The van der Waals surface area contributed by atoms with Gasteiger partial charge in [0.05, 0.1) is 19.1 Å². The second-order valence-electron chi connectivity index (χ2n) is 13.3. The van der Waals surface area contributed by atoms with Gasteiger partial charge in [-0.15, -0.1) is 0 Å². The largest absolute Gasteiger partial charge is 0.462 e. The van der Waals surface area contributed by atoms with Crippen LogP contribution in [0.15, 0.2) is 36.4 Å². The molecular weight excluding hydrogens is 674 g/mol. The standard InChI is InChI=1S/C19H24N2O5.C18H23N3O5/c1-3-4-17(22)25-11-15-10-21(19(24)26-15)14-7-8-16-13(9-14)6-5-12(2)18(23)20-16;1-2-3-16(22)25-10-13-9-21(18(24)26-13)12-5-7-15-11(8-12)4-6-14(19)17(23)20-15/h7-9,12,15H,3-6,10-11H2,1-2H3,(H,20,23);5,7-8,13-14H,2-4,6,9-10,19H2,1H3,(H,20,23)/t12?,15-;13-,14?/m11/s1. The van der Waals surface area contributed by atoms with Crippen molar-refractivity contribution in [2.45, 2.75) is 90.4 Å². The lowest BCUT2D eigenvalue weighted by atomic mass is 10.0. The fourth-order valence-electron chi connectivity index (χ4n) is 6.14. The Balaban J connectivity index is 0.000000201. The summed E-state index contributed by atoms with van der Waals surface area (Å²) in [6, 6.07) is 10.4. The van der Waals surface area contributed by atoms with Crippen LogP contribution < -0.4 is 26.2 Å². The highest BCUT2D eigenvalue weighted by Gasteiger charge is 2.35. The molecule has 4 atom stereocenters. The van der Waals surface area contributed by atoms with E-state index < -0.39 is 30.4 Å². The van der Waals surface area contributed by atoms with Gasteiger partial charge in [0, 0.05) is 41.5 Å². The number of aryl methyl sites for hydroxylation is 2. The van der Waals surface area contributed by atoms with Crippen LogP contribution in [0.1, 0.15) is 70.4 Å². The third kappa shape index (κ3) is 9.57. The summed E-state index contributed by atoms with van der Waals surface area (Å²) in [6.07, 6.45) is 2.98. The zero-order valence-corrected chi connectivity index (χ0v) is 29.8. The molecular formula is C37H47N5O10. The van der Waals surface area contributed by atoms with Crippen molar-refractivity contribution in [2.24, 2.45) is 11.7 Å². The summed E-state index contributed by atoms with van der Waals surface area (Å²) in [5, 5.41) is 5.72. The fraction of sp³-hybridized carbons (Fsp3) is 0.514. The zero-order valence-electron chi connectivity index (χ0n) is 29.8. The summed E-state index contributed by atoms with van der Waals surface area (Å²) in [7, 11) is 0. The van der Waals surface area contributed by atoms with Crippen LogP contribution in [-0.2, 0) is 51.0 Å². The van der Waals surface area contributed by atoms with Gasteiger partial charge in [0.2, 0.25) is 11.8 Å². The van der Waals surface area contributed by atoms with Crippen molar-refractivity contribution in [3.63, 3.8) is 0 Å². The Kier molecular flexibility index (Phi) is 12.7. The molecule has 15 nitrogen and oxygen atoms in total. The molecule has 2 fully saturated rings. The second-order valence-corrected chi connectivity index (χ2v) is 13.3. The first kappa shape index (κ1) is 38.1. The SMILES string of the molecule is CCCC(=O)OC[C@H]1CN(c2ccc3c(c2)CCC(C)C(=O)N3)C(=O)O1.CCCC(=O)OC[C@H]1CN(c2ccc3c(c2)CCC(N)C(=O)N3)C(=O)O1. The van der Waals surface area contributed by atoms with E-state index in [1.54, 1.807) is 18.2 Å².